The highest BCUT2D eigenvalue weighted by molar-refractivity contribution is 7.17. The molecule has 1 aliphatic carbocycles. The first-order valence-electron chi connectivity index (χ1n) is 7.44. The molecule has 2 heterocycles. The molecule has 0 amide bonds. The Morgan fingerprint density at radius 2 is 2.00 bits per heavy atom. The summed E-state index contributed by atoms with van der Waals surface area (Å²) in [7, 11) is 1.39. The summed E-state index contributed by atoms with van der Waals surface area (Å²) >= 11 is 1.80. The van der Waals surface area contributed by atoms with E-state index in [1.807, 2.05) is 12.1 Å². The van der Waals surface area contributed by atoms with Crippen LogP contribution in [-0.4, -0.2) is 22.5 Å². The molecule has 0 saturated carbocycles. The van der Waals surface area contributed by atoms with E-state index in [1.165, 1.54) is 36.9 Å². The van der Waals surface area contributed by atoms with Crippen LogP contribution in [-0.2, 0) is 17.6 Å². The van der Waals surface area contributed by atoms with Crippen LogP contribution >= 0.6 is 11.3 Å². The molecule has 0 N–H and O–H groups in total. The number of aromatic nitrogens is 2. The minimum absolute atomic E-state index is 0.313. The number of rotatable bonds is 2. The maximum Gasteiger partial charge on any atom is 0.337 e. The van der Waals surface area contributed by atoms with Gasteiger partial charge in [-0.15, -0.1) is 11.3 Å². The van der Waals surface area contributed by atoms with Crippen LogP contribution in [0.4, 0.5) is 0 Å². The van der Waals surface area contributed by atoms with Gasteiger partial charge in [0.1, 0.15) is 0 Å². The van der Waals surface area contributed by atoms with E-state index < -0.39 is 0 Å². The first kappa shape index (κ1) is 13.5. The van der Waals surface area contributed by atoms with Crippen LogP contribution in [0, 0.1) is 0 Å². The second-order valence-corrected chi connectivity index (χ2v) is 6.59. The topological polar surface area (TPSA) is 43.6 Å². The number of methoxy groups -OCH3 is 1. The van der Waals surface area contributed by atoms with Gasteiger partial charge in [-0.05, 0) is 37.8 Å². The van der Waals surface area contributed by atoms with Gasteiger partial charge in [0, 0.05) is 22.3 Å². The Hall–Kier alpha value is -2.14. The normalized spacial score (nSPS) is 14.0. The van der Waals surface area contributed by atoms with Crippen molar-refractivity contribution in [2.75, 3.05) is 7.11 Å². The Morgan fingerprint density at radius 1 is 1.23 bits per heavy atom. The van der Waals surface area contributed by atoms with Gasteiger partial charge in [0.15, 0.2) is 4.96 Å². The summed E-state index contributed by atoms with van der Waals surface area (Å²) in [5.41, 5.74) is 3.96. The number of esters is 1. The maximum atomic E-state index is 11.5. The van der Waals surface area contributed by atoms with Crippen molar-refractivity contribution in [3.05, 3.63) is 46.6 Å². The summed E-state index contributed by atoms with van der Waals surface area (Å²) in [6.45, 7) is 0. The Morgan fingerprint density at radius 3 is 2.77 bits per heavy atom. The lowest BCUT2D eigenvalue weighted by atomic mass is 10.0. The van der Waals surface area contributed by atoms with Crippen LogP contribution in [0.2, 0.25) is 0 Å². The highest BCUT2D eigenvalue weighted by Gasteiger charge is 2.18. The average Bonchev–Trinajstić information content (AvgIpc) is 3.12. The summed E-state index contributed by atoms with van der Waals surface area (Å²) < 4.78 is 6.96. The van der Waals surface area contributed by atoms with E-state index in [2.05, 4.69) is 10.6 Å². The molecule has 3 aromatic rings. The molecule has 4 rings (SSSR count). The van der Waals surface area contributed by atoms with Crippen molar-refractivity contribution in [2.24, 2.45) is 0 Å². The third-order valence-electron chi connectivity index (χ3n) is 4.17. The number of hydrogen-bond donors (Lipinski definition) is 0. The second-order valence-electron chi connectivity index (χ2n) is 5.53. The lowest BCUT2D eigenvalue weighted by Gasteiger charge is -2.09. The predicted octanol–water partition coefficient (Wildman–Crippen LogP) is 3.73. The zero-order chi connectivity index (χ0) is 15.1. The van der Waals surface area contributed by atoms with Gasteiger partial charge in [0.25, 0.3) is 0 Å². The maximum absolute atomic E-state index is 11.5. The molecule has 22 heavy (non-hydrogen) atoms. The Kier molecular flexibility index (Phi) is 3.22. The molecule has 5 heteroatoms. The van der Waals surface area contributed by atoms with E-state index in [-0.39, 0.29) is 5.97 Å². The zero-order valence-corrected chi connectivity index (χ0v) is 13.2. The SMILES string of the molecule is COC(=O)c1ccc(-c2cn3c4c(sc3n2)CCCC4)cc1. The van der Waals surface area contributed by atoms with Crippen LogP contribution in [0.1, 0.15) is 33.8 Å². The zero-order valence-electron chi connectivity index (χ0n) is 12.3. The van der Waals surface area contributed by atoms with Gasteiger partial charge in [-0.3, -0.25) is 4.40 Å². The molecule has 2 aromatic heterocycles. The van der Waals surface area contributed by atoms with Gasteiger partial charge < -0.3 is 4.74 Å². The van der Waals surface area contributed by atoms with Crippen LogP contribution in [0.15, 0.2) is 30.5 Å². The third kappa shape index (κ3) is 2.13. The van der Waals surface area contributed by atoms with Gasteiger partial charge in [-0.1, -0.05) is 12.1 Å². The highest BCUT2D eigenvalue weighted by atomic mass is 32.1. The molecule has 0 saturated heterocycles. The van der Waals surface area contributed by atoms with Crippen LogP contribution in [0.25, 0.3) is 16.2 Å². The Bertz CT molecular complexity index is 846. The molecule has 0 aliphatic heterocycles. The molecule has 1 aromatic carbocycles. The first-order valence-corrected chi connectivity index (χ1v) is 8.26. The number of carbonyl (C=O) groups is 1. The van der Waals surface area contributed by atoms with Crippen LogP contribution in [0.5, 0.6) is 0 Å². The lowest BCUT2D eigenvalue weighted by molar-refractivity contribution is 0.0601. The van der Waals surface area contributed by atoms with Crippen molar-refractivity contribution >= 4 is 22.3 Å². The number of aryl methyl sites for hydroxylation is 2. The van der Waals surface area contributed by atoms with Crippen molar-refractivity contribution in [3.8, 4) is 11.3 Å². The van der Waals surface area contributed by atoms with E-state index in [0.29, 0.717) is 5.56 Å². The van der Waals surface area contributed by atoms with Gasteiger partial charge >= 0.3 is 5.97 Å². The summed E-state index contributed by atoms with van der Waals surface area (Å²) in [6, 6.07) is 7.41. The number of fused-ring (bicyclic) bond motifs is 3. The smallest absolute Gasteiger partial charge is 0.337 e. The quantitative estimate of drug-likeness (QED) is 0.677. The summed E-state index contributed by atoms with van der Waals surface area (Å²) in [4.78, 5) is 18.8. The van der Waals surface area contributed by atoms with Gasteiger partial charge in [0.05, 0.1) is 18.4 Å². The monoisotopic (exact) mass is 312 g/mol. The fourth-order valence-electron chi connectivity index (χ4n) is 3.00. The minimum Gasteiger partial charge on any atom is -0.465 e. The minimum atomic E-state index is -0.313. The number of carbonyl (C=O) groups excluding carboxylic acids is 1. The summed E-state index contributed by atoms with van der Waals surface area (Å²) in [6.07, 6.45) is 7.00. The number of nitrogens with zero attached hydrogens (tertiary/aromatic N) is 2. The number of ether oxygens (including phenoxy) is 1. The molecule has 0 bridgehead atoms. The Labute approximate surface area is 132 Å². The second kappa shape index (κ2) is 5.25. The average molecular weight is 312 g/mol. The van der Waals surface area contributed by atoms with Gasteiger partial charge in [-0.25, -0.2) is 9.78 Å². The summed E-state index contributed by atoms with van der Waals surface area (Å²) in [5, 5.41) is 0. The molecule has 1 aliphatic rings. The molecule has 0 fully saturated rings. The molecule has 0 atom stereocenters. The third-order valence-corrected chi connectivity index (χ3v) is 5.33. The molecule has 4 nitrogen and oxygen atoms in total. The summed E-state index contributed by atoms with van der Waals surface area (Å²) in [5.74, 6) is -0.313. The highest BCUT2D eigenvalue weighted by Crippen LogP contribution is 2.32. The lowest BCUT2D eigenvalue weighted by Crippen LogP contribution is -2.01. The molecular weight excluding hydrogens is 296 g/mol. The van der Waals surface area contributed by atoms with Crippen LogP contribution in [0.3, 0.4) is 0 Å². The number of imidazole rings is 1. The van der Waals surface area contributed by atoms with E-state index in [9.17, 15) is 4.79 Å². The predicted molar refractivity (Wildman–Crippen MR) is 86.5 cm³/mol. The van der Waals surface area contributed by atoms with Crippen molar-refractivity contribution in [3.63, 3.8) is 0 Å². The van der Waals surface area contributed by atoms with Crippen molar-refractivity contribution < 1.29 is 9.53 Å². The van der Waals surface area contributed by atoms with E-state index >= 15 is 0 Å². The number of thiazole rings is 1. The first-order chi connectivity index (χ1) is 10.8. The molecular formula is C17H16N2O2S. The standard InChI is InChI=1S/C17H16N2O2S/c1-21-16(20)12-8-6-11(7-9-12)13-10-19-14-4-2-3-5-15(14)22-17(19)18-13/h6-10H,2-5H2,1H3. The van der Waals surface area contributed by atoms with Gasteiger partial charge in [-0.2, -0.15) is 0 Å². The molecule has 0 unspecified atom stereocenters. The van der Waals surface area contributed by atoms with E-state index in [1.54, 1.807) is 23.5 Å². The molecule has 0 radical (unpaired) electrons. The fraction of sp³-hybridized carbons (Fsp3) is 0.294. The van der Waals surface area contributed by atoms with Crippen LogP contribution < -0.4 is 0 Å². The van der Waals surface area contributed by atoms with E-state index in [0.717, 1.165) is 22.6 Å². The largest absolute Gasteiger partial charge is 0.465 e. The van der Waals surface area contributed by atoms with Gasteiger partial charge in [0.2, 0.25) is 0 Å². The number of benzene rings is 1. The van der Waals surface area contributed by atoms with Crippen molar-refractivity contribution in [1.29, 1.82) is 0 Å². The molecule has 0 spiro atoms. The number of hydrogen-bond acceptors (Lipinski definition) is 4. The van der Waals surface area contributed by atoms with Crippen molar-refractivity contribution in [2.45, 2.75) is 25.7 Å². The molecule has 112 valence electrons. The fourth-order valence-corrected chi connectivity index (χ4v) is 4.19. The Balaban J connectivity index is 1.72. The van der Waals surface area contributed by atoms with E-state index in [4.69, 9.17) is 9.72 Å². The van der Waals surface area contributed by atoms with Crippen molar-refractivity contribution in [1.82, 2.24) is 9.38 Å².